The van der Waals surface area contributed by atoms with Crippen molar-refractivity contribution in [1.82, 2.24) is 0 Å². The highest BCUT2D eigenvalue weighted by molar-refractivity contribution is 8.13. The van der Waals surface area contributed by atoms with Crippen LogP contribution in [0.2, 0.25) is 0 Å². The van der Waals surface area contributed by atoms with Gasteiger partial charge in [0.05, 0.1) is 0 Å². The van der Waals surface area contributed by atoms with Crippen LogP contribution >= 0.6 is 11.8 Å². The molecular formula is C9H16F2OS. The molecular weight excluding hydrogens is 194 g/mol. The van der Waals surface area contributed by atoms with E-state index in [0.29, 0.717) is 18.6 Å². The van der Waals surface area contributed by atoms with Gasteiger partial charge in [-0.25, -0.2) is 8.78 Å². The lowest BCUT2D eigenvalue weighted by molar-refractivity contribution is -0.110. The van der Waals surface area contributed by atoms with Gasteiger partial charge in [0.2, 0.25) is 5.92 Å². The van der Waals surface area contributed by atoms with E-state index in [9.17, 15) is 13.6 Å². The smallest absolute Gasteiger partial charge is 0.247 e. The van der Waals surface area contributed by atoms with Gasteiger partial charge in [-0.15, -0.1) is 0 Å². The Morgan fingerprint density at radius 1 is 1.38 bits per heavy atom. The van der Waals surface area contributed by atoms with Crippen molar-refractivity contribution in [2.45, 2.75) is 45.5 Å². The molecule has 0 spiro atoms. The monoisotopic (exact) mass is 210 g/mol. The minimum Gasteiger partial charge on any atom is -0.287 e. The number of halogens is 2. The van der Waals surface area contributed by atoms with E-state index in [2.05, 4.69) is 0 Å². The second-order valence-corrected chi connectivity index (χ2v) is 4.04. The van der Waals surface area contributed by atoms with E-state index in [1.54, 1.807) is 6.92 Å². The molecule has 0 aromatic rings. The normalized spacial score (nSPS) is 11.7. The largest absolute Gasteiger partial charge is 0.287 e. The summed E-state index contributed by atoms with van der Waals surface area (Å²) in [7, 11) is 0. The summed E-state index contributed by atoms with van der Waals surface area (Å²) >= 11 is 1.16. The number of rotatable bonds is 6. The molecule has 0 saturated carbocycles. The Labute approximate surface area is 82.3 Å². The maximum atomic E-state index is 12.7. The van der Waals surface area contributed by atoms with Gasteiger partial charge in [0.15, 0.2) is 5.12 Å². The van der Waals surface area contributed by atoms with Gasteiger partial charge >= 0.3 is 0 Å². The van der Waals surface area contributed by atoms with Crippen LogP contribution in [0.3, 0.4) is 0 Å². The third-order valence-corrected chi connectivity index (χ3v) is 2.86. The van der Waals surface area contributed by atoms with Gasteiger partial charge in [-0.05, 0) is 6.42 Å². The number of carbonyl (C=O) groups excluding carboxylic acids is 1. The summed E-state index contributed by atoms with van der Waals surface area (Å²) in [6.07, 6.45) is 0.680. The number of carbonyl (C=O) groups is 1. The molecule has 0 amide bonds. The topological polar surface area (TPSA) is 17.1 Å². The summed E-state index contributed by atoms with van der Waals surface area (Å²) in [6, 6.07) is 0. The molecule has 4 heteroatoms. The summed E-state index contributed by atoms with van der Waals surface area (Å²) < 4.78 is 25.3. The van der Waals surface area contributed by atoms with E-state index in [1.807, 2.05) is 0 Å². The van der Waals surface area contributed by atoms with Crippen molar-refractivity contribution in [1.29, 1.82) is 0 Å². The van der Waals surface area contributed by atoms with E-state index in [1.165, 1.54) is 6.92 Å². The van der Waals surface area contributed by atoms with Crippen LogP contribution < -0.4 is 0 Å². The maximum Gasteiger partial charge on any atom is 0.247 e. The molecule has 0 N–H and O–H groups in total. The minimum absolute atomic E-state index is 0.0832. The maximum absolute atomic E-state index is 12.7. The predicted molar refractivity (Wildman–Crippen MR) is 52.2 cm³/mol. The van der Waals surface area contributed by atoms with Gasteiger partial charge in [0, 0.05) is 25.0 Å². The first-order valence-electron chi connectivity index (χ1n) is 4.55. The van der Waals surface area contributed by atoms with Crippen LogP contribution in [0.25, 0.3) is 0 Å². The predicted octanol–water partition coefficient (Wildman–Crippen LogP) is 3.48. The van der Waals surface area contributed by atoms with Crippen molar-refractivity contribution in [2.24, 2.45) is 0 Å². The van der Waals surface area contributed by atoms with Crippen molar-refractivity contribution in [3.63, 3.8) is 0 Å². The summed E-state index contributed by atoms with van der Waals surface area (Å²) in [5.74, 6) is -2.03. The Morgan fingerprint density at radius 3 is 2.46 bits per heavy atom. The van der Waals surface area contributed by atoms with Crippen LogP contribution in [-0.2, 0) is 4.79 Å². The van der Waals surface area contributed by atoms with Crippen LogP contribution in [0.4, 0.5) is 8.78 Å². The highest BCUT2D eigenvalue weighted by atomic mass is 32.2. The average Bonchev–Trinajstić information content (AvgIpc) is 2.12. The summed E-state index contributed by atoms with van der Waals surface area (Å²) in [6.45, 7) is 3.25. The fourth-order valence-corrected chi connectivity index (χ4v) is 1.52. The zero-order valence-corrected chi connectivity index (χ0v) is 8.92. The van der Waals surface area contributed by atoms with Crippen LogP contribution in [0, 0.1) is 0 Å². The SMILES string of the molecule is CCC(=O)SCCCC(F)(F)CC. The molecule has 13 heavy (non-hydrogen) atoms. The molecule has 0 heterocycles. The summed E-state index contributed by atoms with van der Waals surface area (Å²) in [5, 5.41) is 0.0832. The van der Waals surface area contributed by atoms with Gasteiger partial charge in [-0.2, -0.15) is 0 Å². The first-order chi connectivity index (χ1) is 6.02. The van der Waals surface area contributed by atoms with E-state index >= 15 is 0 Å². The van der Waals surface area contributed by atoms with Crippen molar-refractivity contribution in [3.8, 4) is 0 Å². The number of alkyl halides is 2. The van der Waals surface area contributed by atoms with Gasteiger partial charge in [-0.3, -0.25) is 4.79 Å². The number of hydrogen-bond donors (Lipinski definition) is 0. The molecule has 0 atom stereocenters. The zero-order valence-electron chi connectivity index (χ0n) is 8.11. The van der Waals surface area contributed by atoms with Gasteiger partial charge in [-0.1, -0.05) is 25.6 Å². The molecule has 0 aromatic carbocycles. The Morgan fingerprint density at radius 2 is 2.00 bits per heavy atom. The van der Waals surface area contributed by atoms with Crippen molar-refractivity contribution >= 4 is 16.9 Å². The summed E-state index contributed by atoms with van der Waals surface area (Å²) in [4.78, 5) is 10.8. The molecule has 0 aliphatic rings. The third kappa shape index (κ3) is 6.99. The Hall–Kier alpha value is -0.120. The minimum atomic E-state index is -2.55. The third-order valence-electron chi connectivity index (χ3n) is 1.76. The molecule has 0 aliphatic carbocycles. The first kappa shape index (κ1) is 12.9. The number of hydrogen-bond acceptors (Lipinski definition) is 2. The van der Waals surface area contributed by atoms with Crippen molar-refractivity contribution < 1.29 is 13.6 Å². The van der Waals surface area contributed by atoms with Gasteiger partial charge in [0.25, 0.3) is 0 Å². The van der Waals surface area contributed by atoms with E-state index < -0.39 is 5.92 Å². The van der Waals surface area contributed by atoms with Crippen molar-refractivity contribution in [2.75, 3.05) is 5.75 Å². The molecule has 0 saturated heterocycles. The standard InChI is InChI=1S/C9H16F2OS/c1-3-8(12)13-7-5-6-9(10,11)4-2/h3-7H2,1-2H3. The fourth-order valence-electron chi connectivity index (χ4n) is 0.796. The second kappa shape index (κ2) is 6.35. The molecule has 1 nitrogen and oxygen atoms in total. The fraction of sp³-hybridized carbons (Fsp3) is 0.889. The van der Waals surface area contributed by atoms with Gasteiger partial charge < -0.3 is 0 Å². The van der Waals surface area contributed by atoms with E-state index in [4.69, 9.17) is 0 Å². The van der Waals surface area contributed by atoms with Gasteiger partial charge in [0.1, 0.15) is 0 Å². The first-order valence-corrected chi connectivity index (χ1v) is 5.54. The average molecular weight is 210 g/mol. The quantitative estimate of drug-likeness (QED) is 0.624. The lowest BCUT2D eigenvalue weighted by Gasteiger charge is -2.12. The molecule has 78 valence electrons. The Balaban J connectivity index is 3.41. The molecule has 0 bridgehead atoms. The van der Waals surface area contributed by atoms with E-state index in [0.717, 1.165) is 11.8 Å². The van der Waals surface area contributed by atoms with Crippen LogP contribution in [0.1, 0.15) is 39.5 Å². The molecule has 0 radical (unpaired) electrons. The van der Waals surface area contributed by atoms with Crippen LogP contribution in [-0.4, -0.2) is 16.8 Å². The lowest BCUT2D eigenvalue weighted by Crippen LogP contribution is -2.14. The van der Waals surface area contributed by atoms with Crippen LogP contribution in [0.15, 0.2) is 0 Å². The Kier molecular flexibility index (Phi) is 6.29. The zero-order chi connectivity index (χ0) is 10.3. The van der Waals surface area contributed by atoms with E-state index in [-0.39, 0.29) is 18.0 Å². The molecule has 0 aliphatic heterocycles. The highest BCUT2D eigenvalue weighted by Crippen LogP contribution is 2.24. The lowest BCUT2D eigenvalue weighted by atomic mass is 10.1. The molecule has 0 aromatic heterocycles. The molecule has 0 rings (SSSR count). The molecule has 0 fully saturated rings. The van der Waals surface area contributed by atoms with Crippen LogP contribution in [0.5, 0.6) is 0 Å². The summed E-state index contributed by atoms with van der Waals surface area (Å²) in [5.41, 5.74) is 0. The molecule has 0 unspecified atom stereocenters. The second-order valence-electron chi connectivity index (χ2n) is 2.89. The highest BCUT2D eigenvalue weighted by Gasteiger charge is 2.24. The Bertz CT molecular complexity index is 160. The van der Waals surface area contributed by atoms with Crippen molar-refractivity contribution in [3.05, 3.63) is 0 Å². The number of thioether (sulfide) groups is 1.